The highest BCUT2D eigenvalue weighted by Crippen LogP contribution is 2.15. The first kappa shape index (κ1) is 17.9. The fourth-order valence-electron chi connectivity index (χ4n) is 2.01. The molecule has 0 saturated carbocycles. The van der Waals surface area contributed by atoms with Crippen molar-refractivity contribution in [2.75, 3.05) is 6.61 Å². The maximum atomic E-state index is 12.1. The molecule has 0 bridgehead atoms. The van der Waals surface area contributed by atoms with Crippen molar-refractivity contribution in [2.24, 2.45) is 0 Å². The summed E-state index contributed by atoms with van der Waals surface area (Å²) in [5.41, 5.74) is 1.51. The van der Waals surface area contributed by atoms with Gasteiger partial charge < -0.3 is 9.84 Å². The summed E-state index contributed by atoms with van der Waals surface area (Å²) in [5.74, 6) is -0.308. The van der Waals surface area contributed by atoms with Gasteiger partial charge in [0.2, 0.25) is 0 Å². The minimum atomic E-state index is -0.836. The lowest BCUT2D eigenvalue weighted by Gasteiger charge is -2.05. The standard InChI is InChI=1S/C19H17BrO4/c20-16-4-1-3-14(13-16)6-11-18(21)15-7-9-17(10-8-15)24-12-2-5-19(22)23/h1,3-4,6-11,13H,2,5,12H2,(H,22,23)/b11-6+. The average molecular weight is 389 g/mol. The van der Waals surface area contributed by atoms with E-state index in [0.29, 0.717) is 24.3 Å². The van der Waals surface area contributed by atoms with E-state index in [1.807, 2.05) is 24.3 Å². The average Bonchev–Trinajstić information content (AvgIpc) is 2.57. The third-order valence-corrected chi connectivity index (χ3v) is 3.71. The second-order valence-electron chi connectivity index (χ2n) is 5.12. The number of aliphatic carboxylic acids is 1. The lowest BCUT2D eigenvalue weighted by Crippen LogP contribution is -2.02. The summed E-state index contributed by atoms with van der Waals surface area (Å²) in [4.78, 5) is 22.6. The summed E-state index contributed by atoms with van der Waals surface area (Å²) in [6.45, 7) is 0.336. The number of carbonyl (C=O) groups excluding carboxylic acids is 1. The van der Waals surface area contributed by atoms with Crippen LogP contribution < -0.4 is 4.74 Å². The first-order valence-corrected chi connectivity index (χ1v) is 8.26. The van der Waals surface area contributed by atoms with E-state index >= 15 is 0 Å². The van der Waals surface area contributed by atoms with Crippen molar-refractivity contribution in [1.29, 1.82) is 0 Å². The molecule has 0 amide bonds. The lowest BCUT2D eigenvalue weighted by atomic mass is 10.1. The molecule has 0 radical (unpaired) electrons. The van der Waals surface area contributed by atoms with E-state index < -0.39 is 5.97 Å². The second kappa shape index (κ2) is 9.03. The lowest BCUT2D eigenvalue weighted by molar-refractivity contribution is -0.137. The number of allylic oxidation sites excluding steroid dienone is 1. The van der Waals surface area contributed by atoms with Gasteiger partial charge in [0, 0.05) is 16.5 Å². The molecule has 0 saturated heterocycles. The molecule has 2 aromatic carbocycles. The van der Waals surface area contributed by atoms with Gasteiger partial charge in [-0.2, -0.15) is 0 Å². The van der Waals surface area contributed by atoms with Gasteiger partial charge in [0.15, 0.2) is 5.78 Å². The van der Waals surface area contributed by atoms with Gasteiger partial charge >= 0.3 is 5.97 Å². The van der Waals surface area contributed by atoms with Crippen molar-refractivity contribution < 1.29 is 19.4 Å². The van der Waals surface area contributed by atoms with E-state index in [-0.39, 0.29) is 12.2 Å². The molecule has 1 N–H and O–H groups in total. The van der Waals surface area contributed by atoms with Crippen LogP contribution in [0.25, 0.3) is 6.08 Å². The minimum absolute atomic E-state index is 0.0803. The van der Waals surface area contributed by atoms with Gasteiger partial charge in [0.25, 0.3) is 0 Å². The van der Waals surface area contributed by atoms with E-state index in [9.17, 15) is 9.59 Å². The van der Waals surface area contributed by atoms with E-state index in [1.165, 1.54) is 6.08 Å². The van der Waals surface area contributed by atoms with Crippen LogP contribution in [0.3, 0.4) is 0 Å². The number of hydrogen-bond acceptors (Lipinski definition) is 3. The van der Waals surface area contributed by atoms with Crippen LogP contribution in [0.1, 0.15) is 28.8 Å². The van der Waals surface area contributed by atoms with Crippen LogP contribution in [0.4, 0.5) is 0 Å². The molecule has 0 heterocycles. The summed E-state index contributed by atoms with van der Waals surface area (Å²) < 4.78 is 6.40. The predicted octanol–water partition coefficient (Wildman–Crippen LogP) is 4.59. The fourth-order valence-corrected chi connectivity index (χ4v) is 2.42. The summed E-state index contributed by atoms with van der Waals surface area (Å²) in [5, 5.41) is 8.55. The number of hydrogen-bond donors (Lipinski definition) is 1. The Labute approximate surface area is 148 Å². The molecular weight excluding hydrogens is 372 g/mol. The van der Waals surface area contributed by atoms with Crippen LogP contribution in [-0.4, -0.2) is 23.5 Å². The molecule has 5 heteroatoms. The highest BCUT2D eigenvalue weighted by atomic mass is 79.9. The molecule has 4 nitrogen and oxygen atoms in total. The van der Waals surface area contributed by atoms with Crippen molar-refractivity contribution in [3.05, 3.63) is 70.2 Å². The zero-order valence-corrected chi connectivity index (χ0v) is 14.5. The number of rotatable bonds is 8. The van der Waals surface area contributed by atoms with Crippen molar-refractivity contribution in [2.45, 2.75) is 12.8 Å². The quantitative estimate of drug-likeness (QED) is 0.408. The highest BCUT2D eigenvalue weighted by Gasteiger charge is 2.03. The van der Waals surface area contributed by atoms with Crippen LogP contribution in [0, 0.1) is 0 Å². The number of ketones is 1. The SMILES string of the molecule is O=C(O)CCCOc1ccc(C(=O)/C=C/c2cccc(Br)c2)cc1. The molecule has 0 atom stereocenters. The number of carboxylic acids is 1. The number of carbonyl (C=O) groups is 2. The van der Waals surface area contributed by atoms with Gasteiger partial charge in [-0.25, -0.2) is 0 Å². The van der Waals surface area contributed by atoms with Crippen molar-refractivity contribution in [3.8, 4) is 5.75 Å². The Balaban J connectivity index is 1.90. The first-order valence-electron chi connectivity index (χ1n) is 7.47. The van der Waals surface area contributed by atoms with Crippen molar-refractivity contribution in [3.63, 3.8) is 0 Å². The summed E-state index contributed by atoms with van der Waals surface area (Å²) in [7, 11) is 0. The molecule has 0 aliphatic rings. The Morgan fingerprint density at radius 3 is 2.54 bits per heavy atom. The molecule has 0 spiro atoms. The largest absolute Gasteiger partial charge is 0.494 e. The maximum Gasteiger partial charge on any atom is 0.303 e. The van der Waals surface area contributed by atoms with Crippen molar-refractivity contribution in [1.82, 2.24) is 0 Å². The molecule has 2 aromatic rings. The van der Waals surface area contributed by atoms with Gasteiger partial charge in [-0.15, -0.1) is 0 Å². The van der Waals surface area contributed by atoms with Gasteiger partial charge in [-0.3, -0.25) is 9.59 Å². The van der Waals surface area contributed by atoms with Crippen LogP contribution in [0.5, 0.6) is 5.75 Å². The molecule has 0 fully saturated rings. The first-order chi connectivity index (χ1) is 11.5. The Bertz CT molecular complexity index is 735. The zero-order chi connectivity index (χ0) is 17.4. The third kappa shape index (κ3) is 6.01. The molecule has 2 rings (SSSR count). The highest BCUT2D eigenvalue weighted by molar-refractivity contribution is 9.10. The fraction of sp³-hybridized carbons (Fsp3) is 0.158. The maximum absolute atomic E-state index is 12.1. The van der Waals surface area contributed by atoms with Crippen LogP contribution in [-0.2, 0) is 4.79 Å². The predicted molar refractivity (Wildman–Crippen MR) is 96.3 cm³/mol. The molecule has 0 aromatic heterocycles. The number of benzene rings is 2. The van der Waals surface area contributed by atoms with E-state index in [1.54, 1.807) is 30.3 Å². The molecule has 0 aliphatic heterocycles. The minimum Gasteiger partial charge on any atom is -0.494 e. The van der Waals surface area contributed by atoms with Gasteiger partial charge in [0.05, 0.1) is 6.61 Å². The Morgan fingerprint density at radius 1 is 1.12 bits per heavy atom. The second-order valence-corrected chi connectivity index (χ2v) is 6.04. The van der Waals surface area contributed by atoms with E-state index in [4.69, 9.17) is 9.84 Å². The summed E-state index contributed by atoms with van der Waals surface area (Å²) in [6.07, 6.45) is 3.83. The molecular formula is C19H17BrO4. The zero-order valence-electron chi connectivity index (χ0n) is 12.9. The monoisotopic (exact) mass is 388 g/mol. The van der Waals surface area contributed by atoms with Gasteiger partial charge in [-0.05, 0) is 54.5 Å². The van der Waals surface area contributed by atoms with E-state index in [0.717, 1.165) is 10.0 Å². The molecule has 124 valence electrons. The van der Waals surface area contributed by atoms with Crippen LogP contribution >= 0.6 is 15.9 Å². The van der Waals surface area contributed by atoms with E-state index in [2.05, 4.69) is 15.9 Å². The number of carboxylic acid groups (broad SMARTS) is 1. The van der Waals surface area contributed by atoms with Gasteiger partial charge in [-0.1, -0.05) is 34.1 Å². The van der Waals surface area contributed by atoms with Gasteiger partial charge in [0.1, 0.15) is 5.75 Å². The third-order valence-electron chi connectivity index (χ3n) is 3.22. The molecule has 0 unspecified atom stereocenters. The normalized spacial score (nSPS) is 10.7. The number of ether oxygens (including phenoxy) is 1. The summed E-state index contributed by atoms with van der Waals surface area (Å²) >= 11 is 3.39. The molecule has 24 heavy (non-hydrogen) atoms. The van der Waals surface area contributed by atoms with Crippen LogP contribution in [0.2, 0.25) is 0 Å². The number of halogens is 1. The Morgan fingerprint density at radius 2 is 1.88 bits per heavy atom. The smallest absolute Gasteiger partial charge is 0.303 e. The van der Waals surface area contributed by atoms with Crippen LogP contribution in [0.15, 0.2) is 59.1 Å². The Hall–Kier alpha value is -2.40. The Kier molecular flexibility index (Phi) is 6.75. The van der Waals surface area contributed by atoms with Crippen molar-refractivity contribution >= 4 is 33.8 Å². The molecule has 0 aliphatic carbocycles. The topological polar surface area (TPSA) is 63.6 Å². The summed E-state index contributed by atoms with van der Waals surface area (Å²) in [6, 6.07) is 14.5.